The predicted octanol–water partition coefficient (Wildman–Crippen LogP) is 3.07. The highest BCUT2D eigenvalue weighted by atomic mass is 35.5. The van der Waals surface area contributed by atoms with E-state index < -0.39 is 0 Å². The number of hydrogen-bond acceptors (Lipinski definition) is 2. The summed E-state index contributed by atoms with van der Waals surface area (Å²) in [6, 6.07) is 4.72. The van der Waals surface area contributed by atoms with Crippen molar-refractivity contribution in [1.29, 1.82) is 0 Å². The van der Waals surface area contributed by atoms with E-state index in [0.29, 0.717) is 41.2 Å². The number of amides is 1. The van der Waals surface area contributed by atoms with Gasteiger partial charge < -0.3 is 9.64 Å². The van der Waals surface area contributed by atoms with Gasteiger partial charge >= 0.3 is 0 Å². The van der Waals surface area contributed by atoms with E-state index in [4.69, 9.17) is 39.5 Å². The van der Waals surface area contributed by atoms with Gasteiger partial charge in [0.15, 0.2) is 0 Å². The van der Waals surface area contributed by atoms with Crippen LogP contribution < -0.4 is 0 Å². The Hall–Kier alpha value is -0.480. The summed E-state index contributed by atoms with van der Waals surface area (Å²) in [5.74, 6) is 0.181. The van der Waals surface area contributed by atoms with Crippen molar-refractivity contribution in [1.82, 2.24) is 4.90 Å². The number of benzene rings is 1. The lowest BCUT2D eigenvalue weighted by atomic mass is 10.1. The molecule has 1 aliphatic rings. The summed E-state index contributed by atoms with van der Waals surface area (Å²) in [6.07, 6.45) is 0. The van der Waals surface area contributed by atoms with Crippen LogP contribution in [0, 0.1) is 0 Å². The van der Waals surface area contributed by atoms with E-state index in [1.54, 1.807) is 23.1 Å². The minimum atomic E-state index is -0.156. The second-order valence-electron chi connectivity index (χ2n) is 4.01. The number of morpholine rings is 1. The molecule has 0 bridgehead atoms. The number of hydrogen-bond donors (Lipinski definition) is 0. The van der Waals surface area contributed by atoms with Crippen molar-refractivity contribution in [2.75, 3.05) is 25.6 Å². The van der Waals surface area contributed by atoms with E-state index in [2.05, 4.69) is 0 Å². The lowest BCUT2D eigenvalue weighted by Crippen LogP contribution is -2.49. The third-order valence-corrected chi connectivity index (χ3v) is 3.75. The maximum absolute atomic E-state index is 12.4. The van der Waals surface area contributed by atoms with Gasteiger partial charge in [0.05, 0.1) is 29.8 Å². The average molecular weight is 309 g/mol. The highest BCUT2D eigenvalue weighted by Gasteiger charge is 2.28. The summed E-state index contributed by atoms with van der Waals surface area (Å²) in [5.41, 5.74) is 0.404. The van der Waals surface area contributed by atoms with Gasteiger partial charge in [0.25, 0.3) is 5.91 Å². The molecule has 1 fully saturated rings. The Balaban J connectivity index is 2.26. The molecule has 0 saturated carbocycles. The van der Waals surface area contributed by atoms with Gasteiger partial charge in [-0.25, -0.2) is 0 Å². The van der Waals surface area contributed by atoms with E-state index in [0.717, 1.165) is 0 Å². The lowest BCUT2D eigenvalue weighted by molar-refractivity contribution is 0.00457. The first-order valence-electron chi connectivity index (χ1n) is 5.53. The Kier molecular flexibility index (Phi) is 4.73. The highest BCUT2D eigenvalue weighted by molar-refractivity contribution is 6.35. The summed E-state index contributed by atoms with van der Waals surface area (Å²) in [7, 11) is 0. The topological polar surface area (TPSA) is 29.5 Å². The zero-order valence-corrected chi connectivity index (χ0v) is 11.8. The van der Waals surface area contributed by atoms with E-state index in [9.17, 15) is 4.79 Å². The van der Waals surface area contributed by atoms with E-state index >= 15 is 0 Å². The van der Waals surface area contributed by atoms with Crippen molar-refractivity contribution in [2.45, 2.75) is 6.04 Å². The number of nitrogens with zero attached hydrogens (tertiary/aromatic N) is 1. The molecule has 1 amide bonds. The number of carbonyl (C=O) groups is 1. The van der Waals surface area contributed by atoms with Crippen LogP contribution >= 0.6 is 34.8 Å². The molecule has 1 atom stereocenters. The molecule has 0 spiro atoms. The van der Waals surface area contributed by atoms with Crippen LogP contribution in [-0.2, 0) is 4.74 Å². The minimum Gasteiger partial charge on any atom is -0.377 e. The van der Waals surface area contributed by atoms with Crippen molar-refractivity contribution in [3.8, 4) is 0 Å². The Labute approximate surface area is 121 Å². The molecule has 1 unspecified atom stereocenters. The zero-order valence-electron chi connectivity index (χ0n) is 9.54. The highest BCUT2D eigenvalue weighted by Crippen LogP contribution is 2.23. The summed E-state index contributed by atoms with van der Waals surface area (Å²) in [4.78, 5) is 14.1. The van der Waals surface area contributed by atoms with Crippen LogP contribution in [-0.4, -0.2) is 42.5 Å². The van der Waals surface area contributed by atoms with Crippen molar-refractivity contribution < 1.29 is 9.53 Å². The Morgan fingerprint density at radius 3 is 2.94 bits per heavy atom. The summed E-state index contributed by atoms with van der Waals surface area (Å²) in [6.45, 7) is 1.48. The van der Waals surface area contributed by atoms with Crippen molar-refractivity contribution in [3.63, 3.8) is 0 Å². The van der Waals surface area contributed by atoms with Crippen LogP contribution in [0.1, 0.15) is 10.4 Å². The monoisotopic (exact) mass is 307 g/mol. The fourth-order valence-electron chi connectivity index (χ4n) is 1.87. The SMILES string of the molecule is O=C(c1cc(Cl)ccc1Cl)N1CCOCC1CCl. The van der Waals surface area contributed by atoms with Crippen LogP contribution in [0.5, 0.6) is 0 Å². The molecule has 1 saturated heterocycles. The first-order chi connectivity index (χ1) is 8.63. The van der Waals surface area contributed by atoms with E-state index in [1.807, 2.05) is 0 Å². The zero-order chi connectivity index (χ0) is 13.1. The van der Waals surface area contributed by atoms with Crippen LogP contribution in [0.25, 0.3) is 0 Å². The molecular formula is C12H12Cl3NO2. The lowest BCUT2D eigenvalue weighted by Gasteiger charge is -2.34. The van der Waals surface area contributed by atoms with Gasteiger partial charge in [-0.05, 0) is 18.2 Å². The molecule has 18 heavy (non-hydrogen) atoms. The number of ether oxygens (including phenoxy) is 1. The van der Waals surface area contributed by atoms with Crippen LogP contribution in [0.4, 0.5) is 0 Å². The molecule has 98 valence electrons. The minimum absolute atomic E-state index is 0.122. The fraction of sp³-hybridized carbons (Fsp3) is 0.417. The molecule has 1 aliphatic heterocycles. The van der Waals surface area contributed by atoms with Crippen molar-refractivity contribution >= 4 is 40.7 Å². The van der Waals surface area contributed by atoms with Gasteiger partial charge in [0.1, 0.15) is 0 Å². The largest absolute Gasteiger partial charge is 0.377 e. The molecule has 6 heteroatoms. The summed E-state index contributed by atoms with van der Waals surface area (Å²) >= 11 is 17.8. The van der Waals surface area contributed by atoms with Gasteiger partial charge in [-0.2, -0.15) is 0 Å². The van der Waals surface area contributed by atoms with Crippen molar-refractivity contribution in [3.05, 3.63) is 33.8 Å². The van der Waals surface area contributed by atoms with Gasteiger partial charge in [-0.15, -0.1) is 11.6 Å². The molecule has 2 rings (SSSR count). The standard InChI is InChI=1S/C12H12Cl3NO2/c13-6-9-7-18-4-3-16(9)12(17)10-5-8(14)1-2-11(10)15/h1-2,5,9H,3-4,6-7H2. The van der Waals surface area contributed by atoms with Gasteiger partial charge in [-0.3, -0.25) is 4.79 Å². The third kappa shape index (κ3) is 2.91. The Morgan fingerprint density at radius 2 is 2.22 bits per heavy atom. The molecule has 0 radical (unpaired) electrons. The predicted molar refractivity (Wildman–Crippen MR) is 72.8 cm³/mol. The smallest absolute Gasteiger partial charge is 0.255 e. The second kappa shape index (κ2) is 6.11. The first kappa shape index (κ1) is 13.9. The van der Waals surface area contributed by atoms with Crippen LogP contribution in [0.3, 0.4) is 0 Å². The quantitative estimate of drug-likeness (QED) is 0.786. The van der Waals surface area contributed by atoms with Gasteiger partial charge in [-0.1, -0.05) is 23.2 Å². The normalized spacial score (nSPS) is 19.9. The molecule has 0 N–H and O–H groups in total. The Morgan fingerprint density at radius 1 is 1.44 bits per heavy atom. The molecule has 1 heterocycles. The molecule has 1 aromatic rings. The average Bonchev–Trinajstić information content (AvgIpc) is 2.40. The van der Waals surface area contributed by atoms with Crippen molar-refractivity contribution in [2.24, 2.45) is 0 Å². The molecular weight excluding hydrogens is 296 g/mol. The molecule has 3 nitrogen and oxygen atoms in total. The van der Waals surface area contributed by atoms with Crippen LogP contribution in [0.2, 0.25) is 10.0 Å². The molecule has 0 aliphatic carbocycles. The maximum atomic E-state index is 12.4. The molecule has 0 aromatic heterocycles. The number of halogens is 3. The van der Waals surface area contributed by atoms with Gasteiger partial charge in [0, 0.05) is 17.4 Å². The maximum Gasteiger partial charge on any atom is 0.255 e. The van der Waals surface area contributed by atoms with E-state index in [1.165, 1.54) is 0 Å². The number of alkyl halides is 1. The Bertz CT molecular complexity index is 453. The van der Waals surface area contributed by atoms with Crippen LogP contribution in [0.15, 0.2) is 18.2 Å². The first-order valence-corrected chi connectivity index (χ1v) is 6.82. The second-order valence-corrected chi connectivity index (χ2v) is 5.16. The van der Waals surface area contributed by atoms with Gasteiger partial charge in [0.2, 0.25) is 0 Å². The summed E-state index contributed by atoms with van der Waals surface area (Å²) in [5, 5.41) is 0.877. The fourth-order valence-corrected chi connectivity index (χ4v) is 2.49. The summed E-state index contributed by atoms with van der Waals surface area (Å²) < 4.78 is 5.31. The third-order valence-electron chi connectivity index (χ3n) is 2.83. The molecule has 1 aromatic carbocycles. The number of rotatable bonds is 2. The number of carbonyl (C=O) groups excluding carboxylic acids is 1. The van der Waals surface area contributed by atoms with E-state index in [-0.39, 0.29) is 11.9 Å².